The van der Waals surface area contributed by atoms with Crippen molar-refractivity contribution in [3.05, 3.63) is 41.7 Å². The van der Waals surface area contributed by atoms with Gasteiger partial charge in [0.2, 0.25) is 0 Å². The number of hydrogen-bond donors (Lipinski definition) is 0. The molecule has 1 unspecified atom stereocenters. The SMILES string of the molecule is CC1=C2C=CC=CC1C=C=N2. The first-order valence-electron chi connectivity index (χ1n) is 3.73. The molecule has 0 N–H and O–H groups in total. The van der Waals surface area contributed by atoms with Crippen molar-refractivity contribution >= 4 is 5.87 Å². The molecule has 0 saturated heterocycles. The summed E-state index contributed by atoms with van der Waals surface area (Å²) in [6.07, 6.45) is 10.2. The van der Waals surface area contributed by atoms with Gasteiger partial charge in [0, 0.05) is 5.92 Å². The maximum Gasteiger partial charge on any atom is 0.0728 e. The van der Waals surface area contributed by atoms with Crippen molar-refractivity contribution in [1.29, 1.82) is 0 Å². The van der Waals surface area contributed by atoms with Crippen LogP contribution in [0.25, 0.3) is 0 Å². The fourth-order valence-electron chi connectivity index (χ4n) is 1.27. The van der Waals surface area contributed by atoms with E-state index >= 15 is 0 Å². The zero-order chi connectivity index (χ0) is 7.68. The van der Waals surface area contributed by atoms with E-state index in [2.05, 4.69) is 29.9 Å². The van der Waals surface area contributed by atoms with E-state index in [1.165, 1.54) is 5.57 Å². The average Bonchev–Trinajstić information content (AvgIpc) is 2.17. The highest BCUT2D eigenvalue weighted by Gasteiger charge is 2.11. The molecule has 0 radical (unpaired) electrons. The van der Waals surface area contributed by atoms with Crippen LogP contribution in [0.1, 0.15) is 6.92 Å². The lowest BCUT2D eigenvalue weighted by Crippen LogP contribution is -1.99. The molecule has 1 aliphatic carbocycles. The van der Waals surface area contributed by atoms with E-state index in [1.54, 1.807) is 0 Å². The summed E-state index contributed by atoms with van der Waals surface area (Å²) < 4.78 is 0. The number of fused-ring (bicyclic) bond motifs is 1. The first-order chi connectivity index (χ1) is 5.38. The maximum atomic E-state index is 4.14. The number of allylic oxidation sites excluding steroid dienone is 6. The van der Waals surface area contributed by atoms with E-state index < -0.39 is 0 Å². The van der Waals surface area contributed by atoms with Crippen LogP contribution in [0.2, 0.25) is 0 Å². The van der Waals surface area contributed by atoms with Gasteiger partial charge in [-0.1, -0.05) is 18.2 Å². The lowest BCUT2D eigenvalue weighted by molar-refractivity contribution is 0.945. The lowest BCUT2D eigenvalue weighted by atomic mass is 9.98. The molecule has 2 bridgehead atoms. The highest BCUT2D eigenvalue weighted by atomic mass is 14.7. The van der Waals surface area contributed by atoms with Gasteiger partial charge in [0.1, 0.15) is 0 Å². The Morgan fingerprint density at radius 1 is 1.45 bits per heavy atom. The molecule has 1 nitrogen and oxygen atoms in total. The number of nitrogens with zero attached hydrogens (tertiary/aromatic N) is 1. The minimum atomic E-state index is 0.414. The van der Waals surface area contributed by atoms with Crippen LogP contribution in [0, 0.1) is 5.92 Å². The second kappa shape index (κ2) is 2.37. The van der Waals surface area contributed by atoms with Crippen molar-refractivity contribution in [3.63, 3.8) is 0 Å². The van der Waals surface area contributed by atoms with Crippen molar-refractivity contribution in [2.24, 2.45) is 10.9 Å². The summed E-state index contributed by atoms with van der Waals surface area (Å²) in [5.41, 5.74) is 2.37. The van der Waals surface area contributed by atoms with Crippen molar-refractivity contribution in [2.75, 3.05) is 0 Å². The van der Waals surface area contributed by atoms with Crippen LogP contribution in [-0.4, -0.2) is 5.87 Å². The summed E-state index contributed by atoms with van der Waals surface area (Å²) in [6, 6.07) is 0. The van der Waals surface area contributed by atoms with E-state index in [4.69, 9.17) is 0 Å². The van der Waals surface area contributed by atoms with Gasteiger partial charge in [-0.25, -0.2) is 4.99 Å². The number of hydrogen-bond acceptors (Lipinski definition) is 1. The summed E-state index contributed by atoms with van der Waals surface area (Å²) in [5, 5.41) is 0. The van der Waals surface area contributed by atoms with Gasteiger partial charge in [0.25, 0.3) is 0 Å². The lowest BCUT2D eigenvalue weighted by Gasteiger charge is -2.10. The molecule has 0 fully saturated rings. The Kier molecular flexibility index (Phi) is 1.38. The molecule has 2 rings (SSSR count). The molecule has 0 saturated carbocycles. The molecule has 0 amide bonds. The molecule has 2 aliphatic rings. The Bertz CT molecular complexity index is 323. The zero-order valence-electron chi connectivity index (χ0n) is 6.41. The second-order valence-electron chi connectivity index (χ2n) is 2.75. The van der Waals surface area contributed by atoms with Crippen LogP contribution in [0.4, 0.5) is 0 Å². The molecule has 0 spiro atoms. The Morgan fingerprint density at radius 2 is 2.36 bits per heavy atom. The summed E-state index contributed by atoms with van der Waals surface area (Å²) >= 11 is 0. The second-order valence-corrected chi connectivity index (χ2v) is 2.75. The molecule has 0 aromatic rings. The van der Waals surface area contributed by atoms with Gasteiger partial charge in [-0.15, -0.1) is 0 Å². The molecular weight excluding hydrogens is 134 g/mol. The molecule has 0 aromatic heterocycles. The van der Waals surface area contributed by atoms with Gasteiger partial charge in [-0.05, 0) is 30.5 Å². The van der Waals surface area contributed by atoms with Gasteiger partial charge < -0.3 is 0 Å². The Hall–Kier alpha value is -1.33. The largest absolute Gasteiger partial charge is 0.207 e. The summed E-state index contributed by atoms with van der Waals surface area (Å²) in [7, 11) is 0. The molecule has 1 heteroatoms. The fourth-order valence-corrected chi connectivity index (χ4v) is 1.27. The van der Waals surface area contributed by atoms with E-state index in [1.807, 2.05) is 18.2 Å². The topological polar surface area (TPSA) is 12.4 Å². The molecule has 1 heterocycles. The summed E-state index contributed by atoms with van der Waals surface area (Å²) in [5.74, 6) is 3.31. The molecular formula is C10H9N. The maximum absolute atomic E-state index is 4.14. The third-order valence-electron chi connectivity index (χ3n) is 2.03. The van der Waals surface area contributed by atoms with Crippen molar-refractivity contribution in [1.82, 2.24) is 0 Å². The molecule has 0 aromatic carbocycles. The Labute approximate surface area is 66.1 Å². The molecule has 11 heavy (non-hydrogen) atoms. The predicted molar refractivity (Wildman–Crippen MR) is 46.5 cm³/mol. The van der Waals surface area contributed by atoms with Crippen LogP contribution in [0.3, 0.4) is 0 Å². The zero-order valence-corrected chi connectivity index (χ0v) is 6.41. The number of rotatable bonds is 0. The van der Waals surface area contributed by atoms with Crippen molar-refractivity contribution < 1.29 is 0 Å². The summed E-state index contributed by atoms with van der Waals surface area (Å²) in [4.78, 5) is 4.14. The van der Waals surface area contributed by atoms with Crippen molar-refractivity contribution in [3.8, 4) is 0 Å². The third-order valence-corrected chi connectivity index (χ3v) is 2.03. The summed E-state index contributed by atoms with van der Waals surface area (Å²) in [6.45, 7) is 2.11. The normalized spacial score (nSPS) is 26.1. The Morgan fingerprint density at radius 3 is 3.27 bits per heavy atom. The van der Waals surface area contributed by atoms with E-state index in [0.717, 1.165) is 5.70 Å². The van der Waals surface area contributed by atoms with Crippen LogP contribution in [0.15, 0.2) is 46.6 Å². The van der Waals surface area contributed by atoms with Crippen LogP contribution >= 0.6 is 0 Å². The van der Waals surface area contributed by atoms with Crippen LogP contribution < -0.4 is 0 Å². The smallest absolute Gasteiger partial charge is 0.0728 e. The van der Waals surface area contributed by atoms with Gasteiger partial charge in [-0.3, -0.25) is 0 Å². The predicted octanol–water partition coefficient (Wildman–Crippen LogP) is 2.24. The first kappa shape index (κ1) is 6.38. The monoisotopic (exact) mass is 143 g/mol. The van der Waals surface area contributed by atoms with Crippen LogP contribution in [-0.2, 0) is 0 Å². The van der Waals surface area contributed by atoms with E-state index in [9.17, 15) is 0 Å². The van der Waals surface area contributed by atoms with Gasteiger partial charge in [-0.2, -0.15) is 0 Å². The quantitative estimate of drug-likeness (QED) is 0.493. The van der Waals surface area contributed by atoms with E-state index in [0.29, 0.717) is 5.92 Å². The highest BCUT2D eigenvalue weighted by Crippen LogP contribution is 2.23. The molecule has 54 valence electrons. The number of aliphatic imine (C=N–C) groups is 1. The minimum absolute atomic E-state index is 0.414. The minimum Gasteiger partial charge on any atom is -0.207 e. The van der Waals surface area contributed by atoms with E-state index in [-0.39, 0.29) is 0 Å². The molecule has 1 aliphatic heterocycles. The van der Waals surface area contributed by atoms with Crippen molar-refractivity contribution in [2.45, 2.75) is 6.92 Å². The van der Waals surface area contributed by atoms with Gasteiger partial charge >= 0.3 is 0 Å². The highest BCUT2D eigenvalue weighted by molar-refractivity contribution is 5.61. The Balaban J connectivity index is 2.58. The average molecular weight is 143 g/mol. The van der Waals surface area contributed by atoms with Crippen LogP contribution in [0.5, 0.6) is 0 Å². The fraction of sp³-hybridized carbons (Fsp3) is 0.200. The van der Waals surface area contributed by atoms with Gasteiger partial charge in [0.15, 0.2) is 0 Å². The standard InChI is InChI=1S/C10H9N/c1-8-9-4-2-3-5-10(8)11-7-6-9/h2-6,9H,1H3. The molecule has 1 atom stereocenters. The third kappa shape index (κ3) is 0.997. The van der Waals surface area contributed by atoms with Gasteiger partial charge in [0.05, 0.1) is 5.70 Å². The first-order valence-corrected chi connectivity index (χ1v) is 3.73.